The number of nitrogens with one attached hydrogen (secondary N) is 2. The van der Waals surface area contributed by atoms with E-state index in [1.807, 2.05) is 14.1 Å². The Hall–Kier alpha value is -0.570. The van der Waals surface area contributed by atoms with Crippen LogP contribution >= 0.6 is 24.0 Å². The van der Waals surface area contributed by atoms with Crippen LogP contribution < -0.4 is 10.6 Å². The Balaban J connectivity index is 0.00000364. The standard InChI is InChI=1S/C20H39N5O.HI/c1-4-21-19(22-13-16-25-14-9-5-6-10-15-25)23-17-20(11-7-8-12-20)18(26)24(2)3;/h4-17H2,1-3H3,(H2,21,22,23);1H. The molecule has 1 heterocycles. The van der Waals surface area contributed by atoms with Gasteiger partial charge in [-0.05, 0) is 45.7 Å². The monoisotopic (exact) mass is 493 g/mol. The van der Waals surface area contributed by atoms with Crippen molar-refractivity contribution in [1.82, 2.24) is 20.4 Å². The second-order valence-electron chi connectivity index (χ2n) is 8.06. The summed E-state index contributed by atoms with van der Waals surface area (Å²) in [5, 5.41) is 6.81. The first-order valence-corrected chi connectivity index (χ1v) is 10.5. The number of hydrogen-bond donors (Lipinski definition) is 2. The summed E-state index contributed by atoms with van der Waals surface area (Å²) in [7, 11) is 3.72. The third-order valence-electron chi connectivity index (χ3n) is 5.72. The molecule has 2 N–H and O–H groups in total. The summed E-state index contributed by atoms with van der Waals surface area (Å²) in [6.45, 7) is 7.91. The molecule has 0 radical (unpaired) electrons. The van der Waals surface area contributed by atoms with Gasteiger partial charge < -0.3 is 20.4 Å². The third-order valence-corrected chi connectivity index (χ3v) is 5.72. The van der Waals surface area contributed by atoms with Gasteiger partial charge in [0.2, 0.25) is 5.91 Å². The minimum absolute atomic E-state index is 0. The number of aliphatic imine (C=N–C) groups is 1. The highest BCUT2D eigenvalue weighted by Crippen LogP contribution is 2.39. The summed E-state index contributed by atoms with van der Waals surface area (Å²) in [6.07, 6.45) is 9.57. The normalized spacial score (nSPS) is 20.5. The Labute approximate surface area is 182 Å². The minimum Gasteiger partial charge on any atom is -0.357 e. The van der Waals surface area contributed by atoms with E-state index in [0.29, 0.717) is 6.54 Å². The second-order valence-corrected chi connectivity index (χ2v) is 8.06. The third kappa shape index (κ3) is 7.75. The molecular formula is C20H40IN5O. The van der Waals surface area contributed by atoms with Crippen molar-refractivity contribution in [2.24, 2.45) is 10.4 Å². The van der Waals surface area contributed by atoms with Gasteiger partial charge in [-0.3, -0.25) is 9.79 Å². The maximum Gasteiger partial charge on any atom is 0.230 e. The van der Waals surface area contributed by atoms with Crippen molar-refractivity contribution in [3.63, 3.8) is 0 Å². The number of carbonyl (C=O) groups is 1. The largest absolute Gasteiger partial charge is 0.357 e. The fourth-order valence-corrected chi connectivity index (χ4v) is 4.23. The van der Waals surface area contributed by atoms with Crippen molar-refractivity contribution in [3.8, 4) is 0 Å². The quantitative estimate of drug-likeness (QED) is 0.325. The number of hydrogen-bond acceptors (Lipinski definition) is 3. The van der Waals surface area contributed by atoms with Gasteiger partial charge in [-0.25, -0.2) is 0 Å². The molecule has 0 aromatic heterocycles. The molecule has 7 heteroatoms. The van der Waals surface area contributed by atoms with Crippen LogP contribution in [0.1, 0.15) is 58.3 Å². The van der Waals surface area contributed by atoms with Crippen LogP contribution in [0.5, 0.6) is 0 Å². The first kappa shape index (κ1) is 24.5. The molecule has 6 nitrogen and oxygen atoms in total. The fourth-order valence-electron chi connectivity index (χ4n) is 4.23. The van der Waals surface area contributed by atoms with Crippen molar-refractivity contribution in [2.75, 3.05) is 53.4 Å². The molecular weight excluding hydrogens is 453 g/mol. The number of nitrogens with zero attached hydrogens (tertiary/aromatic N) is 3. The molecule has 27 heavy (non-hydrogen) atoms. The van der Waals surface area contributed by atoms with E-state index in [9.17, 15) is 4.79 Å². The number of rotatable bonds is 7. The SMILES string of the molecule is CCNC(=NCC1(C(=O)N(C)C)CCCC1)NCCN1CCCCCC1.I. The maximum atomic E-state index is 12.7. The molecule has 1 saturated carbocycles. The van der Waals surface area contributed by atoms with Gasteiger partial charge in [-0.15, -0.1) is 24.0 Å². The van der Waals surface area contributed by atoms with Gasteiger partial charge in [0.1, 0.15) is 0 Å². The molecule has 158 valence electrons. The average molecular weight is 493 g/mol. The molecule has 0 bridgehead atoms. The molecule has 1 amide bonds. The predicted molar refractivity (Wildman–Crippen MR) is 124 cm³/mol. The van der Waals surface area contributed by atoms with Gasteiger partial charge in [0.25, 0.3) is 0 Å². The zero-order valence-corrected chi connectivity index (χ0v) is 19.9. The summed E-state index contributed by atoms with van der Waals surface area (Å²) in [5.41, 5.74) is -0.295. The Morgan fingerprint density at radius 3 is 2.22 bits per heavy atom. The Morgan fingerprint density at radius 1 is 1.04 bits per heavy atom. The minimum atomic E-state index is -0.295. The highest BCUT2D eigenvalue weighted by atomic mass is 127. The topological polar surface area (TPSA) is 60.0 Å². The van der Waals surface area contributed by atoms with E-state index in [2.05, 4.69) is 22.5 Å². The summed E-state index contributed by atoms with van der Waals surface area (Å²) in [4.78, 5) is 21.8. The van der Waals surface area contributed by atoms with Crippen molar-refractivity contribution in [3.05, 3.63) is 0 Å². The van der Waals surface area contributed by atoms with Crippen molar-refractivity contribution < 1.29 is 4.79 Å². The smallest absolute Gasteiger partial charge is 0.230 e. The fraction of sp³-hybridized carbons (Fsp3) is 0.900. The molecule has 2 fully saturated rings. The average Bonchev–Trinajstić information content (AvgIpc) is 2.96. The van der Waals surface area contributed by atoms with Gasteiger partial charge in [-0.1, -0.05) is 25.7 Å². The number of likely N-dealkylation sites (tertiary alicyclic amines) is 1. The van der Waals surface area contributed by atoms with Gasteiger partial charge >= 0.3 is 0 Å². The van der Waals surface area contributed by atoms with Crippen LogP contribution in [-0.4, -0.2) is 75.0 Å². The van der Waals surface area contributed by atoms with E-state index in [4.69, 9.17) is 4.99 Å². The Kier molecular flexibility index (Phi) is 11.6. The van der Waals surface area contributed by atoms with Gasteiger partial charge in [-0.2, -0.15) is 0 Å². The lowest BCUT2D eigenvalue weighted by molar-refractivity contribution is -0.138. The number of guanidine groups is 1. The summed E-state index contributed by atoms with van der Waals surface area (Å²) in [6, 6.07) is 0. The van der Waals surface area contributed by atoms with E-state index < -0.39 is 0 Å². The first-order chi connectivity index (χ1) is 12.6. The number of halogens is 1. The van der Waals surface area contributed by atoms with Crippen molar-refractivity contribution in [1.29, 1.82) is 0 Å². The van der Waals surface area contributed by atoms with E-state index in [-0.39, 0.29) is 35.3 Å². The summed E-state index contributed by atoms with van der Waals surface area (Å²) >= 11 is 0. The molecule has 0 unspecified atom stereocenters. The highest BCUT2D eigenvalue weighted by Gasteiger charge is 2.42. The molecule has 0 spiro atoms. The Morgan fingerprint density at radius 2 is 1.67 bits per heavy atom. The van der Waals surface area contributed by atoms with E-state index in [0.717, 1.165) is 51.3 Å². The lowest BCUT2D eigenvalue weighted by Crippen LogP contribution is -2.44. The second kappa shape index (κ2) is 12.8. The molecule has 0 aromatic rings. The lowest BCUT2D eigenvalue weighted by Gasteiger charge is -2.29. The van der Waals surface area contributed by atoms with E-state index in [1.165, 1.54) is 38.8 Å². The van der Waals surface area contributed by atoms with Gasteiger partial charge in [0.15, 0.2) is 5.96 Å². The highest BCUT2D eigenvalue weighted by molar-refractivity contribution is 14.0. The Bertz CT molecular complexity index is 455. The van der Waals surface area contributed by atoms with Crippen LogP contribution in [0.2, 0.25) is 0 Å². The van der Waals surface area contributed by atoms with Crippen LogP contribution in [0.25, 0.3) is 0 Å². The summed E-state index contributed by atoms with van der Waals surface area (Å²) < 4.78 is 0. The van der Waals surface area contributed by atoms with Crippen LogP contribution in [0.3, 0.4) is 0 Å². The number of amides is 1. The van der Waals surface area contributed by atoms with E-state index in [1.54, 1.807) is 4.90 Å². The van der Waals surface area contributed by atoms with E-state index >= 15 is 0 Å². The molecule has 1 saturated heterocycles. The maximum absolute atomic E-state index is 12.7. The number of carbonyl (C=O) groups excluding carboxylic acids is 1. The van der Waals surface area contributed by atoms with Crippen molar-refractivity contribution >= 4 is 35.8 Å². The predicted octanol–water partition coefficient (Wildman–Crippen LogP) is 2.68. The van der Waals surface area contributed by atoms with Crippen LogP contribution in [0.15, 0.2) is 4.99 Å². The van der Waals surface area contributed by atoms with Crippen LogP contribution in [-0.2, 0) is 4.79 Å². The molecule has 1 aliphatic heterocycles. The summed E-state index contributed by atoms with van der Waals surface area (Å²) in [5.74, 6) is 1.08. The van der Waals surface area contributed by atoms with Gasteiger partial charge in [0.05, 0.1) is 12.0 Å². The lowest BCUT2D eigenvalue weighted by atomic mass is 9.85. The van der Waals surface area contributed by atoms with Crippen molar-refractivity contribution in [2.45, 2.75) is 58.3 Å². The van der Waals surface area contributed by atoms with Crippen LogP contribution in [0.4, 0.5) is 0 Å². The zero-order valence-electron chi connectivity index (χ0n) is 17.6. The molecule has 1 aliphatic carbocycles. The zero-order chi connectivity index (χ0) is 18.8. The van der Waals surface area contributed by atoms with Crippen LogP contribution in [0, 0.1) is 5.41 Å². The molecule has 2 aliphatic rings. The first-order valence-electron chi connectivity index (χ1n) is 10.5. The molecule has 0 atom stereocenters. The molecule has 2 rings (SSSR count). The molecule has 0 aromatic carbocycles. The van der Waals surface area contributed by atoms with Gasteiger partial charge in [0, 0.05) is 33.7 Å².